The molecule has 0 radical (unpaired) electrons. The number of hydrogen-bond donors (Lipinski definition) is 3. The molecule has 2 aromatic heterocycles. The fourth-order valence-corrected chi connectivity index (χ4v) is 8.92. The number of imide groups is 2. The van der Waals surface area contributed by atoms with Crippen molar-refractivity contribution in [1.82, 2.24) is 35.2 Å². The van der Waals surface area contributed by atoms with Crippen molar-refractivity contribution >= 4 is 58.5 Å². The fourth-order valence-electron chi connectivity index (χ4n) is 7.56. The zero-order valence-corrected chi connectivity index (χ0v) is 32.8. The molecule has 4 aliphatic rings. The summed E-state index contributed by atoms with van der Waals surface area (Å²) >= 11 is 7.75. The van der Waals surface area contributed by atoms with Crippen molar-refractivity contribution in [3.63, 3.8) is 0 Å². The summed E-state index contributed by atoms with van der Waals surface area (Å²) in [4.78, 5) is 59.9. The summed E-state index contributed by atoms with van der Waals surface area (Å²) in [5, 5.41) is 23.8. The molecule has 8 rings (SSSR count). The van der Waals surface area contributed by atoms with Crippen molar-refractivity contribution in [2.45, 2.75) is 58.2 Å². The highest BCUT2D eigenvalue weighted by molar-refractivity contribution is 7.15. The summed E-state index contributed by atoms with van der Waals surface area (Å²) in [5.41, 5.74) is 4.68. The molecule has 0 aliphatic carbocycles. The van der Waals surface area contributed by atoms with E-state index in [0.29, 0.717) is 29.4 Å². The average molecular weight is 804 g/mol. The Morgan fingerprint density at radius 2 is 1.84 bits per heavy atom. The van der Waals surface area contributed by atoms with Crippen molar-refractivity contribution in [3.8, 4) is 22.6 Å². The van der Waals surface area contributed by atoms with Crippen LogP contribution in [0.3, 0.4) is 0 Å². The number of fused-ring (bicyclic) bond motifs is 4. The van der Waals surface area contributed by atoms with Gasteiger partial charge in [-0.2, -0.15) is 0 Å². The molecule has 1 unspecified atom stereocenters. The maximum absolute atomic E-state index is 13.5. The van der Waals surface area contributed by atoms with Crippen LogP contribution in [0.25, 0.3) is 5.00 Å². The van der Waals surface area contributed by atoms with Crippen LogP contribution in [0.1, 0.15) is 79.6 Å². The van der Waals surface area contributed by atoms with Gasteiger partial charge in [-0.1, -0.05) is 41.6 Å². The van der Waals surface area contributed by atoms with Gasteiger partial charge in [0.1, 0.15) is 35.3 Å². The third-order valence-corrected chi connectivity index (χ3v) is 12.0. The third kappa shape index (κ3) is 7.39. The van der Waals surface area contributed by atoms with Crippen LogP contribution >= 0.6 is 22.9 Å². The second-order valence-corrected chi connectivity index (χ2v) is 15.6. The van der Waals surface area contributed by atoms with E-state index in [1.165, 1.54) is 6.21 Å². The lowest BCUT2D eigenvalue weighted by Crippen LogP contribution is -2.54. The zero-order valence-electron chi connectivity index (χ0n) is 31.2. The normalized spacial score (nSPS) is 18.5. The Labute approximate surface area is 337 Å². The molecule has 0 spiro atoms. The number of aryl methyl sites for hydroxylation is 1. The molecule has 0 bridgehead atoms. The van der Waals surface area contributed by atoms with Gasteiger partial charge < -0.3 is 20.4 Å². The summed E-state index contributed by atoms with van der Waals surface area (Å²) < 4.78 is 8.35. The number of allylic oxidation sites excluding steroid dienone is 1. The number of halogens is 1. The number of carbonyl (C=O) groups is 4. The second-order valence-electron chi connectivity index (χ2n) is 14.1. The predicted octanol–water partition coefficient (Wildman–Crippen LogP) is 4.37. The number of nitrogens with zero attached hydrogens (tertiary/aromatic N) is 6. The van der Waals surface area contributed by atoms with E-state index in [1.54, 1.807) is 35.7 Å². The van der Waals surface area contributed by atoms with Crippen molar-refractivity contribution < 1.29 is 23.9 Å². The van der Waals surface area contributed by atoms with E-state index in [2.05, 4.69) is 37.6 Å². The van der Waals surface area contributed by atoms with E-state index in [0.717, 1.165) is 81.3 Å². The van der Waals surface area contributed by atoms with Crippen LogP contribution in [0.5, 0.6) is 5.75 Å². The molecule has 2 saturated heterocycles. The van der Waals surface area contributed by atoms with Crippen LogP contribution < -0.4 is 15.4 Å². The molecule has 3 N–H and O–H groups in total. The molecule has 4 aromatic rings. The molecule has 4 amide bonds. The third-order valence-electron chi connectivity index (χ3n) is 10.5. The first-order chi connectivity index (χ1) is 27.6. The number of carbonyl (C=O) groups excluding carboxylic acids is 4. The standard InChI is InChI=1S/C41H38ClN9O5S/c1-23-32(57-41-35(23)37(26-7-9-27(42)10-8-26)45-22-33-48-47-24(2)50(33)41)12-6-25(20-43)21-44-16-19-49-17-14-28(15-18-49)56-31-5-3-4-29-36(31)40(55)51(39(29)54)30-11-13-34(52)46-38(30)53/h3-5,7-10,20-21,28,30,43-44H,11,13-19,22H2,1-2H3,(H,46,52,53)/b25-21-,43-20?. The van der Waals surface area contributed by atoms with Gasteiger partial charge in [0.15, 0.2) is 5.82 Å². The van der Waals surface area contributed by atoms with Gasteiger partial charge in [-0.25, -0.2) is 0 Å². The first-order valence-electron chi connectivity index (χ1n) is 18.7. The number of hydrogen-bond acceptors (Lipinski definition) is 12. The fraction of sp³-hybridized carbons (Fsp3) is 0.317. The van der Waals surface area contributed by atoms with Gasteiger partial charge in [-0.05, 0) is 62.9 Å². The summed E-state index contributed by atoms with van der Waals surface area (Å²) in [6.45, 7) is 7.32. The van der Waals surface area contributed by atoms with Crippen molar-refractivity contribution in [2.75, 3.05) is 26.2 Å². The summed E-state index contributed by atoms with van der Waals surface area (Å²) in [7, 11) is 0. The minimum Gasteiger partial charge on any atom is -0.489 e. The lowest BCUT2D eigenvalue weighted by atomic mass is 10.00. The number of nitrogens with one attached hydrogen (secondary N) is 3. The van der Waals surface area contributed by atoms with E-state index in [9.17, 15) is 19.2 Å². The molecule has 1 atom stereocenters. The molecule has 16 heteroatoms. The van der Waals surface area contributed by atoms with Crippen LogP contribution in [0, 0.1) is 31.1 Å². The Morgan fingerprint density at radius 3 is 2.60 bits per heavy atom. The van der Waals surface area contributed by atoms with Crippen LogP contribution in [0.2, 0.25) is 5.02 Å². The number of thiophene rings is 1. The molecular formula is C41H38ClN9O5S. The molecule has 14 nitrogen and oxygen atoms in total. The maximum atomic E-state index is 13.5. The Morgan fingerprint density at radius 1 is 1.05 bits per heavy atom. The molecular weight excluding hydrogens is 766 g/mol. The van der Waals surface area contributed by atoms with Gasteiger partial charge in [-0.15, -0.1) is 21.5 Å². The summed E-state index contributed by atoms with van der Waals surface area (Å²) in [6.07, 6.45) is 4.44. The SMILES string of the molecule is Cc1c(C#C/C(C=N)=C/NCCN2CCC(Oc3cccc4c3C(=O)N(C3CCC(=O)NC3=O)C4=O)CC2)sc2c1C(c1ccc(Cl)cc1)=NCc1nnc(C)n1-2. The average Bonchev–Trinajstić information content (AvgIpc) is 3.77. The zero-order chi connectivity index (χ0) is 39.8. The van der Waals surface area contributed by atoms with Crippen LogP contribution in [-0.2, 0) is 16.1 Å². The lowest BCUT2D eigenvalue weighted by molar-refractivity contribution is -0.136. The first-order valence-corrected chi connectivity index (χ1v) is 19.9. The van der Waals surface area contributed by atoms with Gasteiger partial charge in [-0.3, -0.25) is 39.0 Å². The molecule has 4 aliphatic heterocycles. The molecule has 6 heterocycles. The molecule has 57 heavy (non-hydrogen) atoms. The monoisotopic (exact) mass is 803 g/mol. The van der Waals surface area contributed by atoms with E-state index in [4.69, 9.17) is 26.7 Å². The quantitative estimate of drug-likeness (QED) is 0.0961. The lowest BCUT2D eigenvalue weighted by Gasteiger charge is -2.32. The largest absolute Gasteiger partial charge is 0.489 e. The van der Waals surface area contributed by atoms with Crippen molar-refractivity contribution in [2.24, 2.45) is 4.99 Å². The smallest absolute Gasteiger partial charge is 0.266 e. The van der Waals surface area contributed by atoms with Crippen LogP contribution in [-0.4, -0.2) is 98.4 Å². The van der Waals surface area contributed by atoms with E-state index in [1.807, 2.05) is 42.7 Å². The number of likely N-dealkylation sites (tertiary alicyclic amines) is 1. The number of amides is 4. The highest BCUT2D eigenvalue weighted by atomic mass is 35.5. The Bertz CT molecular complexity index is 2450. The second kappa shape index (κ2) is 15.9. The first kappa shape index (κ1) is 37.9. The predicted molar refractivity (Wildman–Crippen MR) is 214 cm³/mol. The number of rotatable bonds is 9. The molecule has 0 saturated carbocycles. The highest BCUT2D eigenvalue weighted by Crippen LogP contribution is 2.37. The van der Waals surface area contributed by atoms with Gasteiger partial charge in [0.05, 0.1) is 27.3 Å². The van der Waals surface area contributed by atoms with E-state index >= 15 is 0 Å². The van der Waals surface area contributed by atoms with Crippen LogP contribution in [0.15, 0.2) is 59.2 Å². The molecule has 290 valence electrons. The maximum Gasteiger partial charge on any atom is 0.266 e. The topological polar surface area (TPSA) is 175 Å². The Kier molecular flexibility index (Phi) is 10.6. The summed E-state index contributed by atoms with van der Waals surface area (Å²) in [5.74, 6) is 6.13. The minimum absolute atomic E-state index is 0.0586. The minimum atomic E-state index is -1.03. The van der Waals surface area contributed by atoms with Gasteiger partial charge >= 0.3 is 0 Å². The Hall–Kier alpha value is -5.95. The number of piperidine rings is 2. The number of aromatic nitrogens is 3. The van der Waals surface area contributed by atoms with Gasteiger partial charge in [0, 0.05) is 61.2 Å². The van der Waals surface area contributed by atoms with E-state index in [-0.39, 0.29) is 30.1 Å². The Balaban J connectivity index is 0.876. The van der Waals surface area contributed by atoms with Crippen molar-refractivity contribution in [3.05, 3.63) is 104 Å². The van der Waals surface area contributed by atoms with Gasteiger partial charge in [0.2, 0.25) is 11.8 Å². The number of benzene rings is 2. The van der Waals surface area contributed by atoms with Gasteiger partial charge in [0.25, 0.3) is 11.8 Å². The van der Waals surface area contributed by atoms with Crippen molar-refractivity contribution in [1.29, 1.82) is 5.41 Å². The molecule has 2 aromatic carbocycles. The van der Waals surface area contributed by atoms with E-state index < -0.39 is 29.7 Å². The van der Waals surface area contributed by atoms with Crippen LogP contribution in [0.4, 0.5) is 0 Å². The summed E-state index contributed by atoms with van der Waals surface area (Å²) in [6, 6.07) is 11.5. The number of ether oxygens (including phenoxy) is 1. The highest BCUT2D eigenvalue weighted by Gasteiger charge is 2.46. The molecule has 2 fully saturated rings. The number of aliphatic imine (C=N–C) groups is 1.